The smallest absolute Gasteiger partial charge is 0.310 e. The second kappa shape index (κ2) is 7.90. The third-order valence-electron chi connectivity index (χ3n) is 2.90. The van der Waals surface area contributed by atoms with E-state index in [-0.39, 0.29) is 30.9 Å². The van der Waals surface area contributed by atoms with Crippen LogP contribution in [0.15, 0.2) is 29.2 Å². The van der Waals surface area contributed by atoms with Gasteiger partial charge in [0.1, 0.15) is 0 Å². The molecule has 0 unspecified atom stereocenters. The lowest BCUT2D eigenvalue weighted by Gasteiger charge is -2.16. The van der Waals surface area contributed by atoms with Gasteiger partial charge in [0.2, 0.25) is 10.0 Å². The topological polar surface area (TPSA) is 101 Å². The third kappa shape index (κ3) is 5.12. The van der Waals surface area contributed by atoms with Crippen LogP contribution in [0.4, 0.5) is 0 Å². The Bertz CT molecular complexity index is 640. The molecule has 0 heterocycles. The van der Waals surface area contributed by atoms with Crippen molar-refractivity contribution in [3.8, 4) is 0 Å². The quantitative estimate of drug-likeness (QED) is 0.711. The Balaban J connectivity index is 2.91. The Hall–Kier alpha value is -1.93. The van der Waals surface area contributed by atoms with Gasteiger partial charge in [0.15, 0.2) is 0 Å². The molecule has 0 aliphatic carbocycles. The molecular formula is C14H19NO6S. The van der Waals surface area contributed by atoms with Crippen LogP contribution in [0.1, 0.15) is 18.9 Å². The van der Waals surface area contributed by atoms with Gasteiger partial charge in [-0.2, -0.15) is 0 Å². The number of hydrogen-bond donors (Lipinski definition) is 1. The number of ether oxygens (including phenoxy) is 1. The number of carbonyl (C=O) groups excluding carboxylic acids is 1. The zero-order valence-electron chi connectivity index (χ0n) is 12.5. The van der Waals surface area contributed by atoms with E-state index in [4.69, 9.17) is 9.84 Å². The number of carbonyl (C=O) groups is 2. The van der Waals surface area contributed by atoms with Crippen LogP contribution < -0.4 is 0 Å². The molecule has 1 rings (SSSR count). The van der Waals surface area contributed by atoms with Crippen molar-refractivity contribution in [1.82, 2.24) is 4.31 Å². The molecule has 0 aliphatic rings. The summed E-state index contributed by atoms with van der Waals surface area (Å²) in [6.07, 6.45) is -0.297. The van der Waals surface area contributed by atoms with Gasteiger partial charge in [-0.3, -0.25) is 9.59 Å². The number of aliphatic carboxylic acids is 1. The standard InChI is InChI=1S/C14H19NO6S/c1-3-21-14(18)10-11-5-4-6-12(9-11)22(19,20)15(2)8-7-13(16)17/h4-6,9H,3,7-8,10H2,1-2H3,(H,16,17). The monoisotopic (exact) mass is 329 g/mol. The van der Waals surface area contributed by atoms with Crippen molar-refractivity contribution < 1.29 is 27.9 Å². The summed E-state index contributed by atoms with van der Waals surface area (Å²) in [6, 6.07) is 5.96. The molecule has 0 radical (unpaired) electrons. The van der Waals surface area contributed by atoms with Gasteiger partial charge in [-0.15, -0.1) is 0 Å². The lowest BCUT2D eigenvalue weighted by atomic mass is 10.1. The summed E-state index contributed by atoms with van der Waals surface area (Å²) in [5.41, 5.74) is 0.520. The first kappa shape index (κ1) is 18.1. The highest BCUT2D eigenvalue weighted by Crippen LogP contribution is 2.17. The van der Waals surface area contributed by atoms with Crippen LogP contribution in [-0.2, 0) is 30.8 Å². The average molecular weight is 329 g/mol. The molecule has 1 N–H and O–H groups in total. The van der Waals surface area contributed by atoms with E-state index >= 15 is 0 Å². The number of carboxylic acid groups (broad SMARTS) is 1. The molecule has 22 heavy (non-hydrogen) atoms. The average Bonchev–Trinajstić information content (AvgIpc) is 2.45. The molecule has 0 saturated heterocycles. The normalized spacial score (nSPS) is 11.4. The van der Waals surface area contributed by atoms with Gasteiger partial charge in [-0.25, -0.2) is 12.7 Å². The van der Waals surface area contributed by atoms with Crippen LogP contribution in [0.2, 0.25) is 0 Å². The number of sulfonamides is 1. The SMILES string of the molecule is CCOC(=O)Cc1cccc(S(=O)(=O)N(C)CCC(=O)O)c1. The summed E-state index contributed by atoms with van der Waals surface area (Å²) in [5.74, 6) is -1.51. The van der Waals surface area contributed by atoms with Crippen LogP contribution in [0.5, 0.6) is 0 Å². The van der Waals surface area contributed by atoms with E-state index in [1.54, 1.807) is 13.0 Å². The Labute approximate surface area is 129 Å². The summed E-state index contributed by atoms with van der Waals surface area (Å²) in [4.78, 5) is 22.0. The fourth-order valence-corrected chi connectivity index (χ4v) is 2.99. The first-order valence-electron chi connectivity index (χ1n) is 6.70. The lowest BCUT2D eigenvalue weighted by Crippen LogP contribution is -2.29. The van der Waals surface area contributed by atoms with E-state index in [1.165, 1.54) is 25.2 Å². The molecule has 0 atom stereocenters. The van der Waals surface area contributed by atoms with Crippen LogP contribution >= 0.6 is 0 Å². The minimum atomic E-state index is -3.79. The maximum absolute atomic E-state index is 12.3. The maximum atomic E-state index is 12.3. The van der Waals surface area contributed by atoms with E-state index in [0.717, 1.165) is 4.31 Å². The van der Waals surface area contributed by atoms with Crippen LogP contribution in [0.3, 0.4) is 0 Å². The van der Waals surface area contributed by atoms with Gasteiger partial charge < -0.3 is 9.84 Å². The van der Waals surface area contributed by atoms with Gasteiger partial charge in [0, 0.05) is 13.6 Å². The molecule has 0 bridgehead atoms. The molecule has 0 spiro atoms. The molecule has 0 fully saturated rings. The largest absolute Gasteiger partial charge is 0.481 e. The lowest BCUT2D eigenvalue weighted by molar-refractivity contribution is -0.142. The first-order chi connectivity index (χ1) is 10.3. The molecule has 0 amide bonds. The molecule has 0 aliphatic heterocycles. The van der Waals surface area contributed by atoms with Gasteiger partial charge in [-0.1, -0.05) is 12.1 Å². The van der Waals surface area contributed by atoms with Gasteiger partial charge >= 0.3 is 11.9 Å². The predicted octanol–water partition coefficient (Wildman–Crippen LogP) is 0.887. The van der Waals surface area contributed by atoms with Crippen molar-refractivity contribution >= 4 is 22.0 Å². The van der Waals surface area contributed by atoms with Gasteiger partial charge in [0.05, 0.1) is 24.3 Å². The number of rotatable bonds is 8. The molecule has 8 heteroatoms. The van der Waals surface area contributed by atoms with Crippen LogP contribution in [0.25, 0.3) is 0 Å². The molecule has 1 aromatic rings. The molecule has 0 saturated carbocycles. The van der Waals surface area contributed by atoms with E-state index < -0.39 is 22.0 Å². The molecule has 1 aromatic carbocycles. The highest BCUT2D eigenvalue weighted by Gasteiger charge is 2.21. The van der Waals surface area contributed by atoms with E-state index in [1.807, 2.05) is 0 Å². The number of esters is 1. The fourth-order valence-electron chi connectivity index (χ4n) is 1.75. The maximum Gasteiger partial charge on any atom is 0.310 e. The minimum Gasteiger partial charge on any atom is -0.481 e. The molecule has 0 aromatic heterocycles. The Morgan fingerprint density at radius 1 is 1.32 bits per heavy atom. The molecule has 122 valence electrons. The Morgan fingerprint density at radius 2 is 2.00 bits per heavy atom. The highest BCUT2D eigenvalue weighted by molar-refractivity contribution is 7.89. The second-order valence-electron chi connectivity index (χ2n) is 4.60. The zero-order valence-corrected chi connectivity index (χ0v) is 13.3. The Morgan fingerprint density at radius 3 is 2.59 bits per heavy atom. The van der Waals surface area contributed by atoms with Crippen molar-refractivity contribution in [3.63, 3.8) is 0 Å². The summed E-state index contributed by atoms with van der Waals surface area (Å²) < 4.78 is 30.4. The van der Waals surface area contributed by atoms with E-state index in [2.05, 4.69) is 0 Å². The molecule has 7 nitrogen and oxygen atoms in total. The van der Waals surface area contributed by atoms with Crippen molar-refractivity contribution in [3.05, 3.63) is 29.8 Å². The number of nitrogens with zero attached hydrogens (tertiary/aromatic N) is 1. The second-order valence-corrected chi connectivity index (χ2v) is 6.64. The van der Waals surface area contributed by atoms with Crippen LogP contribution in [-0.4, -0.2) is 50.0 Å². The Kier molecular flexibility index (Phi) is 6.51. The van der Waals surface area contributed by atoms with Crippen molar-refractivity contribution in [2.45, 2.75) is 24.7 Å². The van der Waals surface area contributed by atoms with E-state index in [0.29, 0.717) is 5.56 Å². The first-order valence-corrected chi connectivity index (χ1v) is 8.14. The summed E-state index contributed by atoms with van der Waals surface area (Å²) in [7, 11) is -2.47. The predicted molar refractivity (Wildman–Crippen MR) is 78.8 cm³/mol. The van der Waals surface area contributed by atoms with Crippen molar-refractivity contribution in [2.75, 3.05) is 20.2 Å². The molecular weight excluding hydrogens is 310 g/mol. The van der Waals surface area contributed by atoms with Crippen LogP contribution in [0, 0.1) is 0 Å². The zero-order chi connectivity index (χ0) is 16.8. The third-order valence-corrected chi connectivity index (χ3v) is 4.75. The number of carboxylic acids is 1. The highest BCUT2D eigenvalue weighted by atomic mass is 32.2. The minimum absolute atomic E-state index is 0.0159. The summed E-state index contributed by atoms with van der Waals surface area (Å²) in [5, 5.41) is 8.62. The number of hydrogen-bond acceptors (Lipinski definition) is 5. The summed E-state index contributed by atoms with van der Waals surface area (Å²) >= 11 is 0. The van der Waals surface area contributed by atoms with Gasteiger partial charge in [0.25, 0.3) is 0 Å². The summed E-state index contributed by atoms with van der Waals surface area (Å²) in [6.45, 7) is 1.82. The van der Waals surface area contributed by atoms with Gasteiger partial charge in [-0.05, 0) is 24.6 Å². The number of benzene rings is 1. The van der Waals surface area contributed by atoms with Crippen molar-refractivity contribution in [2.24, 2.45) is 0 Å². The van der Waals surface area contributed by atoms with E-state index in [9.17, 15) is 18.0 Å². The van der Waals surface area contributed by atoms with Crippen molar-refractivity contribution in [1.29, 1.82) is 0 Å². The fraction of sp³-hybridized carbons (Fsp3) is 0.429.